The van der Waals surface area contributed by atoms with Crippen LogP contribution in [0.1, 0.15) is 49.0 Å². The van der Waals surface area contributed by atoms with Crippen LogP contribution in [0.3, 0.4) is 0 Å². The third kappa shape index (κ3) is 3.38. The van der Waals surface area contributed by atoms with Gasteiger partial charge >= 0.3 is 5.97 Å². The van der Waals surface area contributed by atoms with Crippen LogP contribution in [-0.2, 0) is 11.3 Å². The van der Waals surface area contributed by atoms with Crippen molar-refractivity contribution in [1.82, 2.24) is 10.4 Å². The number of carbonyl (C=O) groups is 1. The number of piperidine rings is 1. The molecule has 0 radical (unpaired) electrons. The topological polar surface area (TPSA) is 41.6 Å². The van der Waals surface area contributed by atoms with Gasteiger partial charge in [-0.25, -0.2) is 9.80 Å². The van der Waals surface area contributed by atoms with Gasteiger partial charge in [-0.1, -0.05) is 24.6 Å². The van der Waals surface area contributed by atoms with Crippen molar-refractivity contribution in [1.29, 1.82) is 0 Å². The number of carbonyl (C=O) groups excluding carboxylic acids is 1. The average molecular weight is 276 g/mol. The Kier molecular flexibility index (Phi) is 5.15. The van der Waals surface area contributed by atoms with Gasteiger partial charge in [-0.15, -0.1) is 0 Å². The largest absolute Gasteiger partial charge is 0.465 e. The summed E-state index contributed by atoms with van der Waals surface area (Å²) >= 11 is 0. The standard InChI is InChI=1S/C16H24N2O2/c1-12-7-6-8-13(2)18(12)17-11-14-9-4-5-10-15(14)16(19)20-3/h4-5,9-10,12-13,17H,6-8,11H2,1-3H3. The molecule has 2 atom stereocenters. The second-order valence-electron chi connectivity index (χ2n) is 5.52. The predicted molar refractivity (Wildman–Crippen MR) is 79.2 cm³/mol. The van der Waals surface area contributed by atoms with E-state index in [2.05, 4.69) is 24.3 Å². The van der Waals surface area contributed by atoms with Crippen molar-refractivity contribution in [3.8, 4) is 0 Å². The molecule has 2 unspecified atom stereocenters. The molecule has 4 heteroatoms. The van der Waals surface area contributed by atoms with Gasteiger partial charge in [0.1, 0.15) is 0 Å². The van der Waals surface area contributed by atoms with Gasteiger partial charge in [0.2, 0.25) is 0 Å². The first kappa shape index (κ1) is 15.0. The Morgan fingerprint density at radius 3 is 2.60 bits per heavy atom. The zero-order valence-electron chi connectivity index (χ0n) is 12.6. The highest BCUT2D eigenvalue weighted by molar-refractivity contribution is 5.90. The number of ether oxygens (including phenoxy) is 1. The van der Waals surface area contributed by atoms with Crippen LogP contribution in [0.5, 0.6) is 0 Å². The second-order valence-corrected chi connectivity index (χ2v) is 5.52. The van der Waals surface area contributed by atoms with Crippen LogP contribution in [0.4, 0.5) is 0 Å². The first-order chi connectivity index (χ1) is 9.63. The molecule has 1 fully saturated rings. The van der Waals surface area contributed by atoms with Crippen molar-refractivity contribution in [3.63, 3.8) is 0 Å². The van der Waals surface area contributed by atoms with Crippen LogP contribution in [0, 0.1) is 0 Å². The van der Waals surface area contributed by atoms with Crippen molar-refractivity contribution < 1.29 is 9.53 Å². The Morgan fingerprint density at radius 2 is 1.95 bits per heavy atom. The molecule has 0 spiro atoms. The number of benzene rings is 1. The molecule has 20 heavy (non-hydrogen) atoms. The van der Waals surface area contributed by atoms with E-state index < -0.39 is 0 Å². The number of nitrogens with one attached hydrogen (secondary N) is 1. The van der Waals surface area contributed by atoms with E-state index in [0.717, 1.165) is 5.56 Å². The van der Waals surface area contributed by atoms with Crippen LogP contribution < -0.4 is 5.43 Å². The summed E-state index contributed by atoms with van der Waals surface area (Å²) in [4.78, 5) is 11.8. The van der Waals surface area contributed by atoms with Crippen molar-refractivity contribution in [2.75, 3.05) is 7.11 Å². The van der Waals surface area contributed by atoms with Crippen molar-refractivity contribution >= 4 is 5.97 Å². The molecule has 1 aromatic carbocycles. The quantitative estimate of drug-likeness (QED) is 0.859. The fraction of sp³-hybridized carbons (Fsp3) is 0.562. The lowest BCUT2D eigenvalue weighted by Crippen LogP contribution is -2.51. The molecule has 1 aliphatic heterocycles. The van der Waals surface area contributed by atoms with E-state index >= 15 is 0 Å². The number of nitrogens with zero attached hydrogens (tertiary/aromatic N) is 1. The van der Waals surface area contributed by atoms with E-state index in [4.69, 9.17) is 4.74 Å². The van der Waals surface area contributed by atoms with E-state index in [1.807, 2.05) is 24.3 Å². The van der Waals surface area contributed by atoms with Crippen LogP contribution >= 0.6 is 0 Å². The Balaban J connectivity index is 2.05. The van der Waals surface area contributed by atoms with Crippen molar-refractivity contribution in [3.05, 3.63) is 35.4 Å². The van der Waals surface area contributed by atoms with E-state index in [0.29, 0.717) is 24.2 Å². The van der Waals surface area contributed by atoms with E-state index in [1.165, 1.54) is 26.4 Å². The zero-order valence-corrected chi connectivity index (χ0v) is 12.6. The first-order valence-electron chi connectivity index (χ1n) is 7.31. The third-order valence-corrected chi connectivity index (χ3v) is 4.07. The Labute approximate surface area is 121 Å². The van der Waals surface area contributed by atoms with Gasteiger partial charge in [0.25, 0.3) is 0 Å². The van der Waals surface area contributed by atoms with Gasteiger partial charge in [0.15, 0.2) is 0 Å². The van der Waals surface area contributed by atoms with E-state index in [-0.39, 0.29) is 5.97 Å². The highest BCUT2D eigenvalue weighted by atomic mass is 16.5. The highest BCUT2D eigenvalue weighted by Crippen LogP contribution is 2.21. The lowest BCUT2D eigenvalue weighted by atomic mass is 10.00. The van der Waals surface area contributed by atoms with Crippen LogP contribution in [0.25, 0.3) is 0 Å². The number of hydrazine groups is 1. The minimum atomic E-state index is -0.276. The van der Waals surface area contributed by atoms with Gasteiger partial charge in [-0.3, -0.25) is 5.43 Å². The molecule has 1 heterocycles. The summed E-state index contributed by atoms with van der Waals surface area (Å²) in [7, 11) is 1.42. The molecule has 2 rings (SSSR count). The molecule has 0 amide bonds. The molecule has 0 bridgehead atoms. The van der Waals surface area contributed by atoms with Crippen molar-refractivity contribution in [2.24, 2.45) is 0 Å². The average Bonchev–Trinajstić information content (AvgIpc) is 2.46. The molecule has 110 valence electrons. The monoisotopic (exact) mass is 276 g/mol. The van der Waals surface area contributed by atoms with Gasteiger partial charge in [0.05, 0.1) is 12.7 Å². The van der Waals surface area contributed by atoms with Crippen LogP contribution in [0.15, 0.2) is 24.3 Å². The molecule has 4 nitrogen and oxygen atoms in total. The normalized spacial score (nSPS) is 23.6. The summed E-state index contributed by atoms with van der Waals surface area (Å²) in [6.45, 7) is 5.14. The summed E-state index contributed by atoms with van der Waals surface area (Å²) in [6, 6.07) is 8.66. The first-order valence-corrected chi connectivity index (χ1v) is 7.31. The number of esters is 1. The van der Waals surface area contributed by atoms with E-state index in [9.17, 15) is 4.79 Å². The molecule has 0 aliphatic carbocycles. The van der Waals surface area contributed by atoms with Crippen LogP contribution in [-0.4, -0.2) is 30.2 Å². The lowest BCUT2D eigenvalue weighted by molar-refractivity contribution is 0.0431. The number of rotatable bonds is 4. The maximum absolute atomic E-state index is 11.8. The van der Waals surface area contributed by atoms with Crippen molar-refractivity contribution in [2.45, 2.75) is 51.7 Å². The molecule has 0 saturated carbocycles. The minimum absolute atomic E-state index is 0.276. The SMILES string of the molecule is COC(=O)c1ccccc1CNN1C(C)CCCC1C. The zero-order chi connectivity index (χ0) is 14.5. The molecule has 1 N–H and O–H groups in total. The fourth-order valence-corrected chi connectivity index (χ4v) is 2.89. The highest BCUT2D eigenvalue weighted by Gasteiger charge is 2.24. The molecule has 0 aromatic heterocycles. The van der Waals surface area contributed by atoms with Gasteiger partial charge in [-0.2, -0.15) is 0 Å². The summed E-state index contributed by atoms with van der Waals surface area (Å²) in [6.07, 6.45) is 3.73. The molecule has 1 aromatic rings. The number of hydrogen-bond donors (Lipinski definition) is 1. The predicted octanol–water partition coefficient (Wildman–Crippen LogP) is 2.74. The van der Waals surface area contributed by atoms with Gasteiger partial charge < -0.3 is 4.74 Å². The smallest absolute Gasteiger partial charge is 0.338 e. The lowest BCUT2D eigenvalue weighted by Gasteiger charge is -2.39. The summed E-state index contributed by atoms with van der Waals surface area (Å²) in [5, 5.41) is 2.32. The Morgan fingerprint density at radius 1 is 1.30 bits per heavy atom. The fourth-order valence-electron chi connectivity index (χ4n) is 2.89. The molecular formula is C16H24N2O2. The van der Waals surface area contributed by atoms with E-state index in [1.54, 1.807) is 0 Å². The summed E-state index contributed by atoms with van der Waals surface area (Å²) in [5.74, 6) is -0.276. The maximum atomic E-state index is 11.8. The van der Waals surface area contributed by atoms with Gasteiger partial charge in [0, 0.05) is 18.6 Å². The Bertz CT molecular complexity index is 452. The van der Waals surface area contributed by atoms with Crippen LogP contribution in [0.2, 0.25) is 0 Å². The minimum Gasteiger partial charge on any atom is -0.465 e. The summed E-state index contributed by atoms with van der Waals surface area (Å²) in [5.41, 5.74) is 5.10. The molecular weight excluding hydrogens is 252 g/mol. The maximum Gasteiger partial charge on any atom is 0.338 e. The van der Waals surface area contributed by atoms with Gasteiger partial charge in [-0.05, 0) is 38.3 Å². The third-order valence-electron chi connectivity index (χ3n) is 4.07. The summed E-state index contributed by atoms with van der Waals surface area (Å²) < 4.78 is 4.83. The number of hydrogen-bond acceptors (Lipinski definition) is 4. The molecule has 1 aliphatic rings. The molecule has 1 saturated heterocycles. The number of methoxy groups -OCH3 is 1. The Hall–Kier alpha value is -1.39. The second kappa shape index (κ2) is 6.86.